The summed E-state index contributed by atoms with van der Waals surface area (Å²) in [5.74, 6) is 2.68. The van der Waals surface area contributed by atoms with E-state index in [0.717, 1.165) is 77.4 Å². The van der Waals surface area contributed by atoms with Crippen LogP contribution in [0.3, 0.4) is 0 Å². The van der Waals surface area contributed by atoms with E-state index >= 15 is 0 Å². The predicted molar refractivity (Wildman–Crippen MR) is 190 cm³/mol. The zero-order valence-corrected chi connectivity index (χ0v) is 26.4. The van der Waals surface area contributed by atoms with Crippen molar-refractivity contribution in [3.63, 3.8) is 0 Å². The summed E-state index contributed by atoms with van der Waals surface area (Å²) in [6.45, 7) is 6.02. The van der Waals surface area contributed by atoms with Crippen LogP contribution in [-0.4, -0.2) is 6.54 Å². The van der Waals surface area contributed by atoms with E-state index < -0.39 is 0 Å². The maximum Gasteiger partial charge on any atom is 0.374 e. The lowest BCUT2D eigenvalue weighted by molar-refractivity contribution is -0.674. The number of rotatable bonds is 6. The Morgan fingerprint density at radius 3 is 2.28 bits per heavy atom. The summed E-state index contributed by atoms with van der Waals surface area (Å²) < 4.78 is 15.4. The quantitative estimate of drug-likeness (QED) is 0.178. The Bertz CT molecular complexity index is 2230. The molecule has 0 saturated heterocycles. The van der Waals surface area contributed by atoms with Crippen molar-refractivity contribution < 1.29 is 13.7 Å². The molecular weight excluding hydrogens is 564 g/mol. The van der Waals surface area contributed by atoms with Gasteiger partial charge < -0.3 is 14.1 Å². The second-order valence-corrected chi connectivity index (χ2v) is 12.0. The van der Waals surface area contributed by atoms with Gasteiger partial charge in [0.1, 0.15) is 6.54 Å². The first-order valence-corrected chi connectivity index (χ1v) is 16.4. The van der Waals surface area contributed by atoms with Crippen LogP contribution in [0.15, 0.2) is 143 Å². The van der Waals surface area contributed by atoms with Crippen LogP contribution in [0.2, 0.25) is 0 Å². The second-order valence-electron chi connectivity index (χ2n) is 12.0. The first-order valence-electron chi connectivity index (χ1n) is 16.4. The summed E-state index contributed by atoms with van der Waals surface area (Å²) in [6.07, 6.45) is 12.0. The highest BCUT2D eigenvalue weighted by Crippen LogP contribution is 2.44. The van der Waals surface area contributed by atoms with Crippen molar-refractivity contribution in [2.75, 3.05) is 11.4 Å². The number of benzene rings is 5. The van der Waals surface area contributed by atoms with E-state index in [4.69, 9.17) is 9.15 Å². The van der Waals surface area contributed by atoms with Crippen molar-refractivity contribution in [1.29, 1.82) is 0 Å². The summed E-state index contributed by atoms with van der Waals surface area (Å²) in [4.78, 5) is 2.27. The molecular formula is C42H37N2O2+. The Hall–Kier alpha value is -5.35. The van der Waals surface area contributed by atoms with Crippen molar-refractivity contribution in [2.45, 2.75) is 39.7 Å². The number of hydrogen-bond acceptors (Lipinski definition) is 3. The SMILES string of the molecule is CCN1/C(=C/C=C2\CCCC(/C=C/c3oc4c5ccccc5ccc4[n+]3CC)=C2c2ccccc2)Oc2c1ccc1ccccc21. The second kappa shape index (κ2) is 11.9. The standard InChI is InChI=1S/C42H37N2O2/c1-3-43-36-25-21-29-13-8-10-19-34(29)41(36)45-38(43)27-23-32-17-12-18-33(40(32)31-15-6-5-7-16-31)24-28-39-44(4-2)37-26-22-30-14-9-11-20-35(30)42(37)46-39/h5-11,13-16,19-28H,3-4,12,17-18H2,1-2H3/q+1. The fourth-order valence-electron chi connectivity index (χ4n) is 7.14. The number of fused-ring (bicyclic) bond motifs is 6. The molecule has 4 nitrogen and oxygen atoms in total. The van der Waals surface area contributed by atoms with E-state index in [1.165, 1.54) is 33.1 Å². The summed E-state index contributed by atoms with van der Waals surface area (Å²) in [7, 11) is 0. The number of allylic oxidation sites excluding steroid dienone is 6. The van der Waals surface area contributed by atoms with Crippen LogP contribution >= 0.6 is 0 Å². The minimum atomic E-state index is 0.833. The largest absolute Gasteiger partial charge is 0.438 e. The van der Waals surface area contributed by atoms with Gasteiger partial charge in [0, 0.05) is 23.4 Å². The molecule has 1 aromatic heterocycles. The van der Waals surface area contributed by atoms with Crippen molar-refractivity contribution in [3.05, 3.63) is 150 Å². The average molecular weight is 602 g/mol. The van der Waals surface area contributed by atoms with E-state index in [1.54, 1.807) is 0 Å². The third-order valence-electron chi connectivity index (χ3n) is 9.33. The lowest BCUT2D eigenvalue weighted by atomic mass is 9.83. The Kier molecular flexibility index (Phi) is 7.26. The number of oxazole rings is 1. The first kappa shape index (κ1) is 28.1. The summed E-state index contributed by atoms with van der Waals surface area (Å²) in [5.41, 5.74) is 8.37. The van der Waals surface area contributed by atoms with Crippen LogP contribution in [0.5, 0.6) is 5.75 Å². The fraction of sp³-hybridized carbons (Fsp3) is 0.167. The molecule has 1 aliphatic carbocycles. The molecule has 8 rings (SSSR count). The molecule has 5 aromatic carbocycles. The number of anilines is 1. The van der Waals surface area contributed by atoms with Crippen LogP contribution in [0.25, 0.3) is 44.3 Å². The van der Waals surface area contributed by atoms with Crippen LogP contribution in [0, 0.1) is 0 Å². The van der Waals surface area contributed by atoms with Crippen molar-refractivity contribution >= 4 is 50.0 Å². The van der Waals surface area contributed by atoms with Crippen LogP contribution in [-0.2, 0) is 6.54 Å². The van der Waals surface area contributed by atoms with Gasteiger partial charge in [-0.25, -0.2) is 0 Å². The van der Waals surface area contributed by atoms with Gasteiger partial charge in [0.05, 0.1) is 11.8 Å². The molecule has 46 heavy (non-hydrogen) atoms. The molecule has 0 fully saturated rings. The Morgan fingerprint density at radius 1 is 0.739 bits per heavy atom. The van der Waals surface area contributed by atoms with Gasteiger partial charge in [0.15, 0.2) is 5.75 Å². The van der Waals surface area contributed by atoms with Crippen LogP contribution < -0.4 is 14.2 Å². The number of aryl methyl sites for hydroxylation is 1. The van der Waals surface area contributed by atoms with Crippen molar-refractivity contribution in [1.82, 2.24) is 0 Å². The molecule has 4 heteroatoms. The van der Waals surface area contributed by atoms with Crippen LogP contribution in [0.4, 0.5) is 5.69 Å². The van der Waals surface area contributed by atoms with Gasteiger partial charge in [-0.15, -0.1) is 0 Å². The molecule has 0 unspecified atom stereocenters. The average Bonchev–Trinajstić information content (AvgIpc) is 3.67. The number of nitrogens with zero attached hydrogens (tertiary/aromatic N) is 2. The molecule has 0 spiro atoms. The van der Waals surface area contributed by atoms with Crippen molar-refractivity contribution in [3.8, 4) is 5.75 Å². The van der Waals surface area contributed by atoms with E-state index in [0.29, 0.717) is 0 Å². The predicted octanol–water partition coefficient (Wildman–Crippen LogP) is 10.4. The molecule has 0 bridgehead atoms. The molecule has 0 amide bonds. The van der Waals surface area contributed by atoms with Gasteiger partial charge in [-0.3, -0.25) is 0 Å². The summed E-state index contributed by atoms with van der Waals surface area (Å²) in [6, 6.07) is 36.4. The summed E-state index contributed by atoms with van der Waals surface area (Å²) >= 11 is 0. The van der Waals surface area contributed by atoms with Gasteiger partial charge in [0.2, 0.25) is 11.5 Å². The van der Waals surface area contributed by atoms with E-state index in [2.05, 4.69) is 151 Å². The normalized spacial score (nSPS) is 16.9. The first-order chi connectivity index (χ1) is 22.7. The van der Waals surface area contributed by atoms with Gasteiger partial charge in [-0.05, 0) is 90.4 Å². The Labute approximate surface area is 269 Å². The minimum absolute atomic E-state index is 0.833. The smallest absolute Gasteiger partial charge is 0.374 e. The lowest BCUT2D eigenvalue weighted by Gasteiger charge is -2.22. The third-order valence-corrected chi connectivity index (χ3v) is 9.33. The zero-order chi connectivity index (χ0) is 31.0. The Balaban J connectivity index is 1.21. The number of ether oxygens (including phenoxy) is 1. The highest BCUT2D eigenvalue weighted by atomic mass is 16.5. The van der Waals surface area contributed by atoms with Crippen molar-refractivity contribution in [2.24, 2.45) is 0 Å². The lowest BCUT2D eigenvalue weighted by Crippen LogP contribution is -2.33. The molecule has 2 heterocycles. The molecule has 6 aromatic rings. The van der Waals surface area contributed by atoms with Crippen LogP contribution in [0.1, 0.15) is 44.6 Å². The molecule has 0 N–H and O–H groups in total. The molecule has 0 saturated carbocycles. The maximum atomic E-state index is 6.57. The highest BCUT2D eigenvalue weighted by Gasteiger charge is 2.27. The van der Waals surface area contributed by atoms with Gasteiger partial charge in [-0.2, -0.15) is 4.57 Å². The molecule has 0 atom stereocenters. The van der Waals surface area contributed by atoms with Gasteiger partial charge >= 0.3 is 5.89 Å². The third kappa shape index (κ3) is 4.82. The maximum absolute atomic E-state index is 6.57. The van der Waals surface area contributed by atoms with Gasteiger partial charge in [0.25, 0.3) is 5.52 Å². The highest BCUT2D eigenvalue weighted by molar-refractivity contribution is 6.02. The zero-order valence-electron chi connectivity index (χ0n) is 26.4. The Morgan fingerprint density at radius 2 is 1.48 bits per heavy atom. The minimum Gasteiger partial charge on any atom is -0.438 e. The molecule has 0 radical (unpaired) electrons. The van der Waals surface area contributed by atoms with E-state index in [1.807, 2.05) is 0 Å². The topological polar surface area (TPSA) is 29.5 Å². The van der Waals surface area contributed by atoms with E-state index in [-0.39, 0.29) is 0 Å². The summed E-state index contributed by atoms with van der Waals surface area (Å²) in [5, 5.41) is 4.67. The monoisotopic (exact) mass is 601 g/mol. The molecule has 1 aliphatic heterocycles. The number of hydrogen-bond donors (Lipinski definition) is 0. The van der Waals surface area contributed by atoms with E-state index in [9.17, 15) is 0 Å². The molecule has 2 aliphatic rings. The number of aromatic nitrogens is 1. The molecule has 226 valence electrons. The van der Waals surface area contributed by atoms with Gasteiger partial charge in [-0.1, -0.05) is 91.0 Å². The fourth-order valence-corrected chi connectivity index (χ4v) is 7.14.